The number of sulfonamides is 1. The number of halogens is 3. The Bertz CT molecular complexity index is 1320. The number of alkyl halides is 3. The number of nitrogens with two attached hydrogens (primary N) is 1. The van der Waals surface area contributed by atoms with E-state index < -0.39 is 28.1 Å². The van der Waals surface area contributed by atoms with Gasteiger partial charge in [-0.15, -0.1) is 0 Å². The fraction of sp³-hybridized carbons (Fsp3) is 0.190. The molecule has 4 N–H and O–H groups in total. The van der Waals surface area contributed by atoms with Gasteiger partial charge in [0.2, 0.25) is 10.0 Å². The monoisotopic (exact) mass is 498 g/mol. The lowest BCUT2D eigenvalue weighted by Gasteiger charge is -2.10. The van der Waals surface area contributed by atoms with Crippen LogP contribution in [0, 0.1) is 20.8 Å². The third kappa shape index (κ3) is 6.65. The number of hydrogen-bond donors (Lipinski definition) is 3. The summed E-state index contributed by atoms with van der Waals surface area (Å²) in [7, 11) is -3.89. The van der Waals surface area contributed by atoms with Crippen molar-refractivity contribution in [2.24, 2.45) is 5.14 Å². The van der Waals surface area contributed by atoms with Crippen LogP contribution in [0.5, 0.6) is 0 Å². The van der Waals surface area contributed by atoms with Crippen molar-refractivity contribution in [2.45, 2.75) is 31.8 Å². The molecule has 0 spiro atoms. The second-order valence-corrected chi connectivity index (χ2v) is 8.64. The van der Waals surface area contributed by atoms with Crippen molar-refractivity contribution >= 4 is 27.6 Å². The topological polar surface area (TPSA) is 144 Å². The summed E-state index contributed by atoms with van der Waals surface area (Å²) in [5.41, 5.74) is 4.23. The average Bonchev–Trinajstić information content (AvgIpc) is 3.06. The van der Waals surface area contributed by atoms with E-state index in [9.17, 15) is 26.4 Å². The molecule has 0 fully saturated rings. The maximum absolute atomic E-state index is 12.5. The van der Waals surface area contributed by atoms with Crippen molar-refractivity contribution in [1.29, 1.82) is 0 Å². The number of hydrogen-bond acceptors (Lipinski definition) is 5. The van der Waals surface area contributed by atoms with Crippen LogP contribution in [0.4, 0.5) is 18.9 Å². The van der Waals surface area contributed by atoms with Gasteiger partial charge in [0, 0.05) is 22.6 Å². The van der Waals surface area contributed by atoms with Gasteiger partial charge in [0.1, 0.15) is 0 Å². The molecule has 0 radical (unpaired) electrons. The Morgan fingerprint density at radius 1 is 1.06 bits per heavy atom. The maximum atomic E-state index is 12.5. The van der Waals surface area contributed by atoms with Gasteiger partial charge in [0.05, 0.1) is 16.9 Å². The summed E-state index contributed by atoms with van der Waals surface area (Å²) >= 11 is 0. The summed E-state index contributed by atoms with van der Waals surface area (Å²) in [5.74, 6) is -3.17. The first-order chi connectivity index (χ1) is 15.6. The summed E-state index contributed by atoms with van der Waals surface area (Å²) in [6, 6.07) is 11.7. The van der Waals surface area contributed by atoms with Gasteiger partial charge in [-0.05, 0) is 62.7 Å². The van der Waals surface area contributed by atoms with Crippen LogP contribution in [0.25, 0.3) is 5.69 Å². The van der Waals surface area contributed by atoms with E-state index in [0.717, 1.165) is 17.1 Å². The first-order valence-corrected chi connectivity index (χ1v) is 11.0. The number of nitrogens with zero attached hydrogens (tertiary/aromatic N) is 2. The van der Waals surface area contributed by atoms with E-state index in [0.29, 0.717) is 11.3 Å². The Morgan fingerprint density at radius 2 is 1.62 bits per heavy atom. The van der Waals surface area contributed by atoms with E-state index in [1.807, 2.05) is 30.5 Å². The molecule has 1 aromatic heterocycles. The van der Waals surface area contributed by atoms with Crippen molar-refractivity contribution in [1.82, 2.24) is 9.55 Å². The first kappa shape index (κ1) is 26.5. The highest BCUT2D eigenvalue weighted by Gasteiger charge is 2.38. The fourth-order valence-electron chi connectivity index (χ4n) is 2.72. The van der Waals surface area contributed by atoms with Gasteiger partial charge < -0.3 is 15.0 Å². The average molecular weight is 498 g/mol. The molecule has 2 aromatic carbocycles. The standard InChI is InChI=1S/C19H20N4O3S.C2HF3O2/c1-12-4-5-15(10-18(12)27(20,25)26)19(24)22-16-6-8-17(9-7-16)23-11-21-13(2)14(23)3;3-2(4,5)1(6)7/h4-11H,1-3H3,(H,22,24)(H2,20,25,26);(H,6,7). The minimum absolute atomic E-state index is 0.0588. The number of rotatable bonds is 4. The number of amides is 1. The van der Waals surface area contributed by atoms with E-state index in [-0.39, 0.29) is 10.5 Å². The number of aromatic nitrogens is 2. The third-order valence-electron chi connectivity index (χ3n) is 4.65. The molecule has 1 heterocycles. The van der Waals surface area contributed by atoms with Crippen LogP contribution in [-0.4, -0.2) is 41.1 Å². The van der Waals surface area contributed by atoms with E-state index in [1.165, 1.54) is 6.07 Å². The quantitative estimate of drug-likeness (QED) is 0.503. The SMILES string of the molecule is Cc1ccc(C(=O)Nc2ccc(-n3cnc(C)c3C)cc2)cc1S(N)(=O)=O.O=C(O)C(F)(F)F. The minimum Gasteiger partial charge on any atom is -0.475 e. The lowest BCUT2D eigenvalue weighted by molar-refractivity contribution is -0.192. The van der Waals surface area contributed by atoms with Gasteiger partial charge in [0.15, 0.2) is 0 Å². The first-order valence-electron chi connectivity index (χ1n) is 9.47. The van der Waals surface area contributed by atoms with Crippen LogP contribution >= 0.6 is 0 Å². The Hall–Kier alpha value is -3.71. The Labute approximate surface area is 193 Å². The van der Waals surface area contributed by atoms with E-state index in [4.69, 9.17) is 15.0 Å². The number of anilines is 1. The Kier molecular flexibility index (Phi) is 7.85. The molecule has 9 nitrogen and oxygen atoms in total. The molecule has 0 unspecified atom stereocenters. The zero-order valence-electron chi connectivity index (χ0n) is 18.2. The van der Waals surface area contributed by atoms with Gasteiger partial charge in [-0.3, -0.25) is 4.79 Å². The highest BCUT2D eigenvalue weighted by Crippen LogP contribution is 2.19. The van der Waals surface area contributed by atoms with Gasteiger partial charge in [0.25, 0.3) is 5.91 Å². The molecule has 0 aliphatic rings. The predicted octanol–water partition coefficient (Wildman–Crippen LogP) is 3.33. The molecule has 0 saturated heterocycles. The van der Waals surface area contributed by atoms with Crippen LogP contribution in [0.3, 0.4) is 0 Å². The Balaban J connectivity index is 0.000000509. The van der Waals surface area contributed by atoms with Crippen LogP contribution in [0.15, 0.2) is 53.7 Å². The summed E-state index contributed by atoms with van der Waals surface area (Å²) in [4.78, 5) is 25.6. The van der Waals surface area contributed by atoms with Crippen LogP contribution in [-0.2, 0) is 14.8 Å². The molecule has 0 saturated carbocycles. The molecule has 34 heavy (non-hydrogen) atoms. The number of imidazole rings is 1. The van der Waals surface area contributed by atoms with Gasteiger partial charge in [-0.1, -0.05) is 6.07 Å². The molecule has 1 amide bonds. The maximum Gasteiger partial charge on any atom is 0.490 e. The smallest absolute Gasteiger partial charge is 0.475 e. The van der Waals surface area contributed by atoms with E-state index >= 15 is 0 Å². The number of aliphatic carboxylic acids is 1. The molecule has 0 bridgehead atoms. The summed E-state index contributed by atoms with van der Waals surface area (Å²) in [6.07, 6.45) is -3.33. The molecule has 13 heteroatoms. The summed E-state index contributed by atoms with van der Waals surface area (Å²) in [6.45, 7) is 5.55. The molecule has 3 rings (SSSR count). The summed E-state index contributed by atoms with van der Waals surface area (Å²) in [5, 5.41) is 15.1. The highest BCUT2D eigenvalue weighted by atomic mass is 32.2. The fourth-order valence-corrected chi connectivity index (χ4v) is 3.52. The lowest BCUT2D eigenvalue weighted by Crippen LogP contribution is -2.21. The number of carboxylic acids is 1. The number of carbonyl (C=O) groups excluding carboxylic acids is 1. The zero-order chi connectivity index (χ0) is 25.8. The summed E-state index contributed by atoms with van der Waals surface area (Å²) < 4.78 is 56.9. The molecule has 3 aromatic rings. The zero-order valence-corrected chi connectivity index (χ0v) is 19.0. The molecular weight excluding hydrogens is 477 g/mol. The normalized spacial score (nSPS) is 11.4. The molecule has 0 aliphatic heterocycles. The van der Waals surface area contributed by atoms with Crippen molar-refractivity contribution in [3.63, 3.8) is 0 Å². The molecule has 182 valence electrons. The van der Waals surface area contributed by atoms with Gasteiger partial charge in [-0.25, -0.2) is 23.3 Å². The molecule has 0 aliphatic carbocycles. The van der Waals surface area contributed by atoms with E-state index in [2.05, 4.69) is 10.3 Å². The second-order valence-electron chi connectivity index (χ2n) is 7.11. The van der Waals surface area contributed by atoms with Gasteiger partial charge in [-0.2, -0.15) is 13.2 Å². The Morgan fingerprint density at radius 3 is 2.06 bits per heavy atom. The molecular formula is C21H21F3N4O5S. The van der Waals surface area contributed by atoms with Crippen LogP contribution in [0.2, 0.25) is 0 Å². The van der Waals surface area contributed by atoms with Crippen molar-refractivity contribution in [2.75, 3.05) is 5.32 Å². The van der Waals surface area contributed by atoms with Crippen molar-refractivity contribution in [3.05, 3.63) is 71.3 Å². The second kappa shape index (κ2) is 10.1. The largest absolute Gasteiger partial charge is 0.490 e. The number of benzene rings is 2. The van der Waals surface area contributed by atoms with Crippen molar-refractivity contribution < 1.29 is 36.3 Å². The van der Waals surface area contributed by atoms with Crippen LogP contribution < -0.4 is 10.5 Å². The van der Waals surface area contributed by atoms with Gasteiger partial charge >= 0.3 is 12.1 Å². The number of carbonyl (C=O) groups is 2. The highest BCUT2D eigenvalue weighted by molar-refractivity contribution is 7.89. The van der Waals surface area contributed by atoms with Crippen LogP contribution in [0.1, 0.15) is 27.3 Å². The third-order valence-corrected chi connectivity index (χ3v) is 5.71. The number of carboxylic acid groups (broad SMARTS) is 1. The molecule has 0 atom stereocenters. The van der Waals surface area contributed by atoms with E-state index in [1.54, 1.807) is 37.5 Å². The number of aryl methyl sites for hydroxylation is 2. The minimum atomic E-state index is -5.08. The predicted molar refractivity (Wildman–Crippen MR) is 117 cm³/mol. The number of primary sulfonamides is 1. The number of nitrogens with one attached hydrogen (secondary N) is 1. The lowest BCUT2D eigenvalue weighted by atomic mass is 10.1. The van der Waals surface area contributed by atoms with Crippen molar-refractivity contribution in [3.8, 4) is 5.69 Å².